The van der Waals surface area contributed by atoms with Crippen LogP contribution < -0.4 is 0 Å². The van der Waals surface area contributed by atoms with Crippen LogP contribution in [0.25, 0.3) is 0 Å². The predicted molar refractivity (Wildman–Crippen MR) is 63.1 cm³/mol. The first-order valence-corrected chi connectivity index (χ1v) is 6.08. The lowest BCUT2D eigenvalue weighted by Gasteiger charge is -2.27. The average Bonchev–Trinajstić information content (AvgIpc) is 2.64. The van der Waals surface area contributed by atoms with Gasteiger partial charge in [-0.25, -0.2) is 9.78 Å². The number of hydrogen-bond donors (Lipinski definition) is 1. The van der Waals surface area contributed by atoms with Gasteiger partial charge < -0.3 is 9.84 Å². The van der Waals surface area contributed by atoms with Crippen molar-refractivity contribution in [3.8, 4) is 0 Å². The molecule has 0 aliphatic heterocycles. The SMILES string of the molecule is CCC(CC)(OC)c1nc(C(=O)O)c(C)s1. The van der Waals surface area contributed by atoms with Crippen molar-refractivity contribution in [2.45, 2.75) is 39.2 Å². The summed E-state index contributed by atoms with van der Waals surface area (Å²) in [5.74, 6) is -0.975. The van der Waals surface area contributed by atoms with Crippen LogP contribution in [0, 0.1) is 6.92 Å². The minimum absolute atomic E-state index is 0.142. The molecule has 0 saturated heterocycles. The molecule has 90 valence electrons. The number of aromatic carboxylic acids is 1. The molecule has 0 unspecified atom stereocenters. The summed E-state index contributed by atoms with van der Waals surface area (Å²) in [6.07, 6.45) is 1.57. The zero-order chi connectivity index (χ0) is 12.3. The number of methoxy groups -OCH3 is 1. The lowest BCUT2D eigenvalue weighted by molar-refractivity contribution is -0.0219. The Morgan fingerprint density at radius 3 is 2.38 bits per heavy atom. The first-order chi connectivity index (χ1) is 7.50. The Balaban J connectivity index is 3.22. The summed E-state index contributed by atoms with van der Waals surface area (Å²) >= 11 is 1.41. The van der Waals surface area contributed by atoms with Crippen LogP contribution in [0.3, 0.4) is 0 Å². The molecule has 0 aliphatic rings. The fourth-order valence-electron chi connectivity index (χ4n) is 1.72. The minimum Gasteiger partial charge on any atom is -0.476 e. The van der Waals surface area contributed by atoms with Crippen molar-refractivity contribution in [3.05, 3.63) is 15.6 Å². The van der Waals surface area contributed by atoms with Gasteiger partial charge in [0.15, 0.2) is 5.69 Å². The molecule has 0 fully saturated rings. The Morgan fingerprint density at radius 2 is 2.06 bits per heavy atom. The molecule has 0 spiro atoms. The maximum atomic E-state index is 10.9. The zero-order valence-corrected chi connectivity index (χ0v) is 10.8. The van der Waals surface area contributed by atoms with Gasteiger partial charge in [0, 0.05) is 12.0 Å². The number of carbonyl (C=O) groups is 1. The number of hydrogen-bond acceptors (Lipinski definition) is 4. The molecule has 0 aliphatic carbocycles. The van der Waals surface area contributed by atoms with E-state index in [0.717, 1.165) is 22.7 Å². The highest BCUT2D eigenvalue weighted by Crippen LogP contribution is 2.36. The fraction of sp³-hybridized carbons (Fsp3) is 0.636. The summed E-state index contributed by atoms with van der Waals surface area (Å²) < 4.78 is 5.53. The van der Waals surface area contributed by atoms with Gasteiger partial charge in [0.2, 0.25) is 0 Å². The Bertz CT molecular complexity index is 374. The third kappa shape index (κ3) is 2.10. The normalized spacial score (nSPS) is 11.8. The quantitative estimate of drug-likeness (QED) is 0.863. The second-order valence-corrected chi connectivity index (χ2v) is 4.84. The summed E-state index contributed by atoms with van der Waals surface area (Å²) in [7, 11) is 1.64. The predicted octanol–water partition coefficient (Wildman–Crippen LogP) is 2.81. The Labute approximate surface area is 99.3 Å². The molecule has 1 aromatic heterocycles. The van der Waals surface area contributed by atoms with E-state index in [0.29, 0.717) is 0 Å². The van der Waals surface area contributed by atoms with Gasteiger partial charge in [-0.15, -0.1) is 11.3 Å². The van der Waals surface area contributed by atoms with Gasteiger partial charge in [0.25, 0.3) is 0 Å². The van der Waals surface area contributed by atoms with Crippen LogP contribution in [0.2, 0.25) is 0 Å². The molecule has 1 aromatic rings. The number of aromatic nitrogens is 1. The molecule has 4 nitrogen and oxygen atoms in total. The summed E-state index contributed by atoms with van der Waals surface area (Å²) in [5.41, 5.74) is -0.299. The van der Waals surface area contributed by atoms with Crippen molar-refractivity contribution < 1.29 is 14.6 Å². The molecule has 0 atom stereocenters. The van der Waals surface area contributed by atoms with Crippen molar-refractivity contribution in [3.63, 3.8) is 0 Å². The van der Waals surface area contributed by atoms with E-state index in [2.05, 4.69) is 4.98 Å². The molecule has 16 heavy (non-hydrogen) atoms. The third-order valence-electron chi connectivity index (χ3n) is 2.92. The molecule has 1 heterocycles. The van der Waals surface area contributed by atoms with Gasteiger partial charge in [-0.1, -0.05) is 13.8 Å². The Morgan fingerprint density at radius 1 is 1.50 bits per heavy atom. The second-order valence-electron chi connectivity index (χ2n) is 3.63. The van der Waals surface area contributed by atoms with Crippen LogP contribution in [0.15, 0.2) is 0 Å². The van der Waals surface area contributed by atoms with Gasteiger partial charge in [-0.05, 0) is 19.8 Å². The first-order valence-electron chi connectivity index (χ1n) is 5.27. The van der Waals surface area contributed by atoms with E-state index in [1.165, 1.54) is 11.3 Å². The topological polar surface area (TPSA) is 59.4 Å². The highest BCUT2D eigenvalue weighted by molar-refractivity contribution is 7.12. The van der Waals surface area contributed by atoms with Gasteiger partial charge in [0.05, 0.1) is 0 Å². The average molecular weight is 243 g/mol. The molecule has 1 rings (SSSR count). The van der Waals surface area contributed by atoms with Gasteiger partial charge in [-0.2, -0.15) is 0 Å². The van der Waals surface area contributed by atoms with Gasteiger partial charge in [0.1, 0.15) is 10.6 Å². The first kappa shape index (κ1) is 13.1. The van der Waals surface area contributed by atoms with Gasteiger partial charge in [-0.3, -0.25) is 0 Å². The molecule has 0 amide bonds. The summed E-state index contributed by atoms with van der Waals surface area (Å²) in [6, 6.07) is 0. The Kier molecular flexibility index (Phi) is 4.04. The number of rotatable bonds is 5. The lowest BCUT2D eigenvalue weighted by atomic mass is 9.98. The van der Waals surface area contributed by atoms with Crippen LogP contribution >= 0.6 is 11.3 Å². The monoisotopic (exact) mass is 243 g/mol. The van der Waals surface area contributed by atoms with Gasteiger partial charge >= 0.3 is 5.97 Å². The smallest absolute Gasteiger partial charge is 0.355 e. The summed E-state index contributed by atoms with van der Waals surface area (Å²) in [6.45, 7) is 5.81. The molecular formula is C11H17NO3S. The molecule has 0 radical (unpaired) electrons. The molecular weight excluding hydrogens is 226 g/mol. The minimum atomic E-state index is -0.975. The molecule has 0 aromatic carbocycles. The van der Waals surface area contributed by atoms with Crippen molar-refractivity contribution in [1.82, 2.24) is 4.98 Å². The van der Waals surface area contributed by atoms with E-state index < -0.39 is 11.6 Å². The van der Waals surface area contributed by atoms with Crippen molar-refractivity contribution in [2.75, 3.05) is 7.11 Å². The lowest BCUT2D eigenvalue weighted by Crippen LogP contribution is -2.26. The molecule has 0 saturated carbocycles. The molecule has 5 heteroatoms. The number of aryl methyl sites for hydroxylation is 1. The number of carboxylic acids is 1. The largest absolute Gasteiger partial charge is 0.476 e. The number of ether oxygens (including phenoxy) is 1. The third-order valence-corrected chi connectivity index (χ3v) is 4.08. The van der Waals surface area contributed by atoms with Crippen LogP contribution in [0.1, 0.15) is 47.1 Å². The van der Waals surface area contributed by atoms with Crippen LogP contribution in [-0.4, -0.2) is 23.2 Å². The van der Waals surface area contributed by atoms with Crippen LogP contribution in [0.5, 0.6) is 0 Å². The van der Waals surface area contributed by atoms with E-state index >= 15 is 0 Å². The number of thiazole rings is 1. The van der Waals surface area contributed by atoms with Crippen molar-refractivity contribution in [1.29, 1.82) is 0 Å². The summed E-state index contributed by atoms with van der Waals surface area (Å²) in [5, 5.41) is 9.73. The maximum absolute atomic E-state index is 10.9. The second kappa shape index (κ2) is 4.93. The van der Waals surface area contributed by atoms with Crippen molar-refractivity contribution >= 4 is 17.3 Å². The van der Waals surface area contributed by atoms with E-state index in [1.807, 2.05) is 13.8 Å². The van der Waals surface area contributed by atoms with E-state index in [9.17, 15) is 4.79 Å². The van der Waals surface area contributed by atoms with E-state index in [1.54, 1.807) is 14.0 Å². The van der Waals surface area contributed by atoms with Crippen LogP contribution in [0.4, 0.5) is 0 Å². The van der Waals surface area contributed by atoms with E-state index in [4.69, 9.17) is 9.84 Å². The van der Waals surface area contributed by atoms with Crippen LogP contribution in [-0.2, 0) is 10.3 Å². The number of nitrogens with zero attached hydrogens (tertiary/aromatic N) is 1. The number of carboxylic acid groups (broad SMARTS) is 1. The highest BCUT2D eigenvalue weighted by Gasteiger charge is 2.33. The fourth-order valence-corrected chi connectivity index (χ4v) is 2.93. The molecule has 0 bridgehead atoms. The van der Waals surface area contributed by atoms with Crippen molar-refractivity contribution in [2.24, 2.45) is 0 Å². The Hall–Kier alpha value is -0.940. The summed E-state index contributed by atoms with van der Waals surface area (Å²) in [4.78, 5) is 15.8. The zero-order valence-electron chi connectivity index (χ0n) is 10.0. The molecule has 1 N–H and O–H groups in total. The van der Waals surface area contributed by atoms with E-state index in [-0.39, 0.29) is 5.69 Å². The highest BCUT2D eigenvalue weighted by atomic mass is 32.1. The maximum Gasteiger partial charge on any atom is 0.355 e. The standard InChI is InChI=1S/C11H17NO3S/c1-5-11(6-2,15-4)10-12-8(9(13)14)7(3)16-10/h5-6H2,1-4H3,(H,13,14).